The Kier molecular flexibility index (Phi) is 4.89. The molecule has 1 aromatic heterocycles. The van der Waals surface area contributed by atoms with Gasteiger partial charge in [-0.15, -0.1) is 0 Å². The molecule has 2 heterocycles. The number of ether oxygens (including phenoxy) is 1. The van der Waals surface area contributed by atoms with Crippen molar-refractivity contribution in [3.63, 3.8) is 0 Å². The van der Waals surface area contributed by atoms with Crippen molar-refractivity contribution < 1.29 is 4.74 Å². The monoisotopic (exact) mass is 266 g/mol. The number of pyridine rings is 1. The average Bonchev–Trinajstić information content (AvgIpc) is 2.73. The second kappa shape index (κ2) is 6.43. The Morgan fingerprint density at radius 3 is 3.06 bits per heavy atom. The first-order chi connectivity index (χ1) is 8.66. The van der Waals surface area contributed by atoms with Gasteiger partial charge in [-0.3, -0.25) is 0 Å². The van der Waals surface area contributed by atoms with Crippen LogP contribution in [0.3, 0.4) is 0 Å². The second-order valence-corrected chi connectivity index (χ2v) is 6.47. The number of rotatable bonds is 5. The molecule has 0 aromatic carbocycles. The van der Waals surface area contributed by atoms with E-state index in [0.29, 0.717) is 11.3 Å². The summed E-state index contributed by atoms with van der Waals surface area (Å²) in [6, 6.07) is 4.67. The quantitative estimate of drug-likeness (QED) is 0.888. The van der Waals surface area contributed by atoms with Crippen LogP contribution in [0.15, 0.2) is 18.3 Å². The fourth-order valence-electron chi connectivity index (χ4n) is 2.13. The summed E-state index contributed by atoms with van der Waals surface area (Å²) < 4.78 is 5.73. The Hall–Kier alpha value is -0.740. The summed E-state index contributed by atoms with van der Waals surface area (Å²) in [6.45, 7) is 7.19. The van der Waals surface area contributed by atoms with E-state index in [1.165, 1.54) is 12.2 Å². The van der Waals surface area contributed by atoms with E-state index in [9.17, 15) is 0 Å². The zero-order valence-electron chi connectivity index (χ0n) is 11.3. The van der Waals surface area contributed by atoms with Crippen LogP contribution in [0.4, 0.5) is 0 Å². The van der Waals surface area contributed by atoms with E-state index in [1.54, 1.807) is 6.20 Å². The number of nitrogens with one attached hydrogen (secondary N) is 1. The number of thioether (sulfide) groups is 1. The maximum Gasteiger partial charge on any atom is 0.218 e. The smallest absolute Gasteiger partial charge is 0.218 e. The molecule has 1 saturated heterocycles. The van der Waals surface area contributed by atoms with Crippen LogP contribution in [0.2, 0.25) is 0 Å². The van der Waals surface area contributed by atoms with Gasteiger partial charge in [0.1, 0.15) is 0 Å². The molecule has 2 rings (SSSR count). The van der Waals surface area contributed by atoms with E-state index in [-0.39, 0.29) is 6.10 Å². The minimum atomic E-state index is 0.166. The van der Waals surface area contributed by atoms with E-state index < -0.39 is 0 Å². The summed E-state index contributed by atoms with van der Waals surface area (Å²) in [5.41, 5.74) is 1.15. The van der Waals surface area contributed by atoms with Crippen molar-refractivity contribution in [1.29, 1.82) is 0 Å². The van der Waals surface area contributed by atoms with Gasteiger partial charge in [0.25, 0.3) is 0 Å². The highest BCUT2D eigenvalue weighted by atomic mass is 32.2. The van der Waals surface area contributed by atoms with Gasteiger partial charge < -0.3 is 10.1 Å². The summed E-state index contributed by atoms with van der Waals surface area (Å²) in [7, 11) is 0. The lowest BCUT2D eigenvalue weighted by Crippen LogP contribution is -2.33. The zero-order valence-corrected chi connectivity index (χ0v) is 12.2. The predicted molar refractivity (Wildman–Crippen MR) is 77.2 cm³/mol. The highest BCUT2D eigenvalue weighted by Crippen LogP contribution is 2.26. The highest BCUT2D eigenvalue weighted by Gasteiger charge is 2.23. The fourth-order valence-corrected chi connectivity index (χ4v) is 3.36. The number of nitrogens with zero attached hydrogens (tertiary/aromatic N) is 1. The molecule has 1 N–H and O–H groups in total. The molecule has 1 aliphatic rings. The first-order valence-corrected chi connectivity index (χ1v) is 7.67. The van der Waals surface area contributed by atoms with Crippen molar-refractivity contribution in [2.75, 3.05) is 5.75 Å². The van der Waals surface area contributed by atoms with E-state index in [4.69, 9.17) is 4.74 Å². The second-order valence-electron chi connectivity index (χ2n) is 4.99. The van der Waals surface area contributed by atoms with E-state index >= 15 is 0 Å². The van der Waals surface area contributed by atoms with Crippen molar-refractivity contribution in [3.8, 4) is 5.88 Å². The largest absolute Gasteiger partial charge is 0.475 e. The molecule has 100 valence electrons. The number of hydrogen-bond donors (Lipinski definition) is 1. The van der Waals surface area contributed by atoms with Gasteiger partial charge in [0, 0.05) is 29.6 Å². The normalized spacial score (nSPS) is 23.6. The van der Waals surface area contributed by atoms with Gasteiger partial charge in [0.2, 0.25) is 5.88 Å². The molecule has 0 spiro atoms. The van der Waals surface area contributed by atoms with Crippen molar-refractivity contribution in [3.05, 3.63) is 23.9 Å². The number of hydrogen-bond acceptors (Lipinski definition) is 4. The molecule has 1 aliphatic heterocycles. The SMILES string of the molecule is CC(C)Oc1ncccc1CNC1CCSC1C. The van der Waals surface area contributed by atoms with Crippen LogP contribution in [0, 0.1) is 0 Å². The van der Waals surface area contributed by atoms with Crippen LogP contribution in [-0.4, -0.2) is 28.1 Å². The Bertz CT molecular complexity index is 384. The molecule has 18 heavy (non-hydrogen) atoms. The topological polar surface area (TPSA) is 34.1 Å². The Balaban J connectivity index is 1.95. The lowest BCUT2D eigenvalue weighted by molar-refractivity contribution is 0.229. The average molecular weight is 266 g/mol. The highest BCUT2D eigenvalue weighted by molar-refractivity contribution is 8.00. The maximum atomic E-state index is 5.73. The standard InChI is InChI=1S/C14H22N2OS/c1-10(2)17-14-12(5-4-7-15-14)9-16-13-6-8-18-11(13)3/h4-5,7,10-11,13,16H,6,8-9H2,1-3H3. The molecule has 2 unspecified atom stereocenters. The Morgan fingerprint density at radius 2 is 2.39 bits per heavy atom. The molecule has 0 amide bonds. The van der Waals surface area contributed by atoms with E-state index in [1.807, 2.05) is 31.7 Å². The molecule has 1 fully saturated rings. The third-order valence-corrected chi connectivity index (χ3v) is 4.45. The third-order valence-electron chi connectivity index (χ3n) is 3.13. The minimum absolute atomic E-state index is 0.166. The maximum absolute atomic E-state index is 5.73. The van der Waals surface area contributed by atoms with Crippen molar-refractivity contribution >= 4 is 11.8 Å². The van der Waals surface area contributed by atoms with E-state index in [2.05, 4.69) is 23.3 Å². The summed E-state index contributed by atoms with van der Waals surface area (Å²) >= 11 is 2.05. The molecule has 4 heteroatoms. The summed E-state index contributed by atoms with van der Waals surface area (Å²) in [4.78, 5) is 4.32. The van der Waals surface area contributed by atoms with Crippen LogP contribution in [-0.2, 0) is 6.54 Å². The molecular formula is C14H22N2OS. The molecule has 0 bridgehead atoms. The predicted octanol–water partition coefficient (Wildman–Crippen LogP) is 2.85. The van der Waals surface area contributed by atoms with Gasteiger partial charge in [0.15, 0.2) is 0 Å². The fraction of sp³-hybridized carbons (Fsp3) is 0.643. The molecule has 2 atom stereocenters. The zero-order chi connectivity index (χ0) is 13.0. The summed E-state index contributed by atoms with van der Waals surface area (Å²) in [5.74, 6) is 2.03. The van der Waals surface area contributed by atoms with Gasteiger partial charge >= 0.3 is 0 Å². The Labute approximate surface area is 114 Å². The van der Waals surface area contributed by atoms with Crippen LogP contribution in [0.5, 0.6) is 5.88 Å². The van der Waals surface area contributed by atoms with Crippen molar-refractivity contribution in [2.45, 2.75) is 51.1 Å². The lowest BCUT2D eigenvalue weighted by Gasteiger charge is -2.18. The lowest BCUT2D eigenvalue weighted by atomic mass is 10.1. The first kappa shape index (κ1) is 13.7. The van der Waals surface area contributed by atoms with Crippen molar-refractivity contribution in [1.82, 2.24) is 10.3 Å². The van der Waals surface area contributed by atoms with Crippen LogP contribution in [0.1, 0.15) is 32.8 Å². The van der Waals surface area contributed by atoms with Crippen LogP contribution >= 0.6 is 11.8 Å². The third kappa shape index (κ3) is 3.62. The van der Waals surface area contributed by atoms with Crippen LogP contribution < -0.4 is 10.1 Å². The summed E-state index contributed by atoms with van der Waals surface area (Å²) in [6.07, 6.45) is 3.21. The van der Waals surface area contributed by atoms with Crippen LogP contribution in [0.25, 0.3) is 0 Å². The van der Waals surface area contributed by atoms with Gasteiger partial charge in [-0.25, -0.2) is 4.98 Å². The van der Waals surface area contributed by atoms with Gasteiger partial charge in [-0.05, 0) is 32.1 Å². The van der Waals surface area contributed by atoms with Gasteiger partial charge in [-0.1, -0.05) is 13.0 Å². The Morgan fingerprint density at radius 1 is 1.56 bits per heavy atom. The molecule has 0 aliphatic carbocycles. The molecular weight excluding hydrogens is 244 g/mol. The molecule has 0 saturated carbocycles. The van der Waals surface area contributed by atoms with Gasteiger partial charge in [-0.2, -0.15) is 11.8 Å². The molecule has 1 aromatic rings. The first-order valence-electron chi connectivity index (χ1n) is 6.62. The van der Waals surface area contributed by atoms with Gasteiger partial charge in [0.05, 0.1) is 6.10 Å². The van der Waals surface area contributed by atoms with E-state index in [0.717, 1.165) is 18.0 Å². The molecule has 3 nitrogen and oxygen atoms in total. The molecule has 0 radical (unpaired) electrons. The number of aromatic nitrogens is 1. The summed E-state index contributed by atoms with van der Waals surface area (Å²) in [5, 5.41) is 4.33. The van der Waals surface area contributed by atoms with Crippen molar-refractivity contribution in [2.24, 2.45) is 0 Å². The minimum Gasteiger partial charge on any atom is -0.475 e.